The number of aliphatic hydroxyl groups excluding tert-OH is 1. The van der Waals surface area contributed by atoms with Crippen LogP contribution < -0.4 is 0 Å². The minimum Gasteiger partial charge on any atom is -0.432 e. The van der Waals surface area contributed by atoms with Crippen LogP contribution in [0.3, 0.4) is 0 Å². The minimum absolute atomic E-state index is 0.175. The van der Waals surface area contributed by atoms with Crippen molar-refractivity contribution in [3.63, 3.8) is 0 Å². The lowest BCUT2D eigenvalue weighted by molar-refractivity contribution is -0.0685. The molecule has 1 unspecified atom stereocenters. The van der Waals surface area contributed by atoms with Crippen molar-refractivity contribution in [2.75, 3.05) is 13.2 Å². The summed E-state index contributed by atoms with van der Waals surface area (Å²) in [6.45, 7) is 10.8. The first-order chi connectivity index (χ1) is 11.5. The van der Waals surface area contributed by atoms with Crippen molar-refractivity contribution in [2.45, 2.75) is 39.9 Å². The zero-order valence-electron chi connectivity index (χ0n) is 14.5. The van der Waals surface area contributed by atoms with Crippen LogP contribution in [0.25, 0.3) is 0 Å². The maximum Gasteiger partial charge on any atom is 0.342 e. The van der Waals surface area contributed by atoms with Crippen LogP contribution in [0.5, 0.6) is 0 Å². The van der Waals surface area contributed by atoms with E-state index in [0.29, 0.717) is 12.8 Å². The van der Waals surface area contributed by atoms with Gasteiger partial charge in [0.05, 0.1) is 17.4 Å². The maximum absolute atomic E-state index is 11.7. The second kappa shape index (κ2) is 13.3. The number of esters is 2. The Morgan fingerprint density at radius 2 is 1.75 bits per heavy atom. The molecule has 0 aliphatic heterocycles. The summed E-state index contributed by atoms with van der Waals surface area (Å²) in [5.41, 5.74) is 0.382. The second-order valence-electron chi connectivity index (χ2n) is 4.58. The van der Waals surface area contributed by atoms with Gasteiger partial charge < -0.3 is 19.3 Å². The molecule has 134 valence electrons. The number of aliphatic hydroxyl groups is 1. The highest BCUT2D eigenvalue weighted by atomic mass is 16.6. The number of rotatable bonds is 8. The van der Waals surface area contributed by atoms with Crippen LogP contribution >= 0.6 is 0 Å². The van der Waals surface area contributed by atoms with E-state index >= 15 is 0 Å². The Bertz CT molecular complexity index is 510. The van der Waals surface area contributed by atoms with Crippen LogP contribution in [0.2, 0.25) is 0 Å². The Balaban J connectivity index is 0.000000922. The molecule has 0 aliphatic carbocycles. The van der Waals surface area contributed by atoms with Crippen LogP contribution in [0.15, 0.2) is 37.1 Å². The molecule has 1 atom stereocenters. The number of hydrogen-bond donors (Lipinski definition) is 1. The van der Waals surface area contributed by atoms with E-state index in [4.69, 9.17) is 9.47 Å². The molecule has 1 rings (SSSR count). The van der Waals surface area contributed by atoms with Crippen LogP contribution in [0.4, 0.5) is 0 Å². The summed E-state index contributed by atoms with van der Waals surface area (Å²) in [7, 11) is 0. The summed E-state index contributed by atoms with van der Waals surface area (Å²) in [5, 5.41) is 9.40. The highest BCUT2D eigenvalue weighted by Crippen LogP contribution is 2.10. The molecular formula is C18H26O6. The molecule has 1 aromatic carbocycles. The molecule has 0 saturated carbocycles. The lowest BCUT2D eigenvalue weighted by Crippen LogP contribution is -2.17. The van der Waals surface area contributed by atoms with E-state index in [-0.39, 0.29) is 11.1 Å². The number of ether oxygens (including phenoxy) is 3. The fourth-order valence-corrected chi connectivity index (χ4v) is 1.62. The third kappa shape index (κ3) is 9.07. The monoisotopic (exact) mass is 338 g/mol. The molecule has 0 radical (unpaired) electrons. The van der Waals surface area contributed by atoms with E-state index < -0.39 is 18.2 Å². The third-order valence-electron chi connectivity index (χ3n) is 2.71. The molecular weight excluding hydrogens is 312 g/mol. The van der Waals surface area contributed by atoms with E-state index in [2.05, 4.69) is 11.3 Å². The summed E-state index contributed by atoms with van der Waals surface area (Å²) in [5.74, 6) is -1.30. The molecule has 24 heavy (non-hydrogen) atoms. The molecule has 0 amide bonds. The number of benzene rings is 1. The van der Waals surface area contributed by atoms with Gasteiger partial charge in [-0.2, -0.15) is 0 Å². The Labute approximate surface area is 143 Å². The van der Waals surface area contributed by atoms with Gasteiger partial charge in [0, 0.05) is 19.6 Å². The van der Waals surface area contributed by atoms with Crippen molar-refractivity contribution in [1.29, 1.82) is 0 Å². The van der Waals surface area contributed by atoms with Crippen molar-refractivity contribution in [1.82, 2.24) is 0 Å². The molecule has 0 aromatic heterocycles. The van der Waals surface area contributed by atoms with Crippen molar-refractivity contribution >= 4 is 11.9 Å². The summed E-state index contributed by atoms with van der Waals surface area (Å²) in [6, 6.07) is 5.87. The number of hydrogen-bond acceptors (Lipinski definition) is 6. The molecule has 0 saturated heterocycles. The SMILES string of the molecule is C=COC(=O)c1cccc(C(=O)OC(O)CCC)c1.CCOCC. The number of carbonyl (C=O) groups is 2. The largest absolute Gasteiger partial charge is 0.432 e. The molecule has 0 spiro atoms. The predicted octanol–water partition coefficient (Wildman–Crippen LogP) is 3.31. The van der Waals surface area contributed by atoms with Gasteiger partial charge in [0.15, 0.2) is 0 Å². The molecule has 0 bridgehead atoms. The van der Waals surface area contributed by atoms with Crippen LogP contribution in [0.1, 0.15) is 54.3 Å². The fourth-order valence-electron chi connectivity index (χ4n) is 1.62. The summed E-state index contributed by atoms with van der Waals surface area (Å²) in [6.07, 6.45) is 0.934. The molecule has 6 heteroatoms. The second-order valence-corrected chi connectivity index (χ2v) is 4.58. The van der Waals surface area contributed by atoms with Crippen molar-refractivity contribution in [3.8, 4) is 0 Å². The molecule has 0 fully saturated rings. The molecule has 1 N–H and O–H groups in total. The average Bonchev–Trinajstić information content (AvgIpc) is 2.56. The summed E-state index contributed by atoms with van der Waals surface area (Å²) >= 11 is 0. The Morgan fingerprint density at radius 1 is 1.17 bits per heavy atom. The van der Waals surface area contributed by atoms with Gasteiger partial charge in [-0.25, -0.2) is 9.59 Å². The zero-order valence-corrected chi connectivity index (χ0v) is 14.5. The van der Waals surface area contributed by atoms with E-state index in [9.17, 15) is 14.7 Å². The third-order valence-corrected chi connectivity index (χ3v) is 2.71. The zero-order chi connectivity index (χ0) is 18.4. The Kier molecular flexibility index (Phi) is 12.1. The molecule has 1 aromatic rings. The highest BCUT2D eigenvalue weighted by molar-refractivity contribution is 5.95. The first-order valence-corrected chi connectivity index (χ1v) is 7.88. The first-order valence-electron chi connectivity index (χ1n) is 7.88. The predicted molar refractivity (Wildman–Crippen MR) is 90.6 cm³/mol. The summed E-state index contributed by atoms with van der Waals surface area (Å²) < 4.78 is 14.3. The normalized spacial score (nSPS) is 10.8. The van der Waals surface area contributed by atoms with E-state index in [1.807, 2.05) is 20.8 Å². The van der Waals surface area contributed by atoms with Gasteiger partial charge in [0.25, 0.3) is 0 Å². The van der Waals surface area contributed by atoms with E-state index in [1.54, 1.807) is 0 Å². The highest BCUT2D eigenvalue weighted by Gasteiger charge is 2.15. The van der Waals surface area contributed by atoms with Crippen molar-refractivity contribution in [2.24, 2.45) is 0 Å². The van der Waals surface area contributed by atoms with Gasteiger partial charge in [-0.15, -0.1) is 0 Å². The van der Waals surface area contributed by atoms with Gasteiger partial charge in [0.2, 0.25) is 6.29 Å². The lowest BCUT2D eigenvalue weighted by Gasteiger charge is -2.11. The lowest BCUT2D eigenvalue weighted by atomic mass is 10.1. The van der Waals surface area contributed by atoms with Gasteiger partial charge in [-0.1, -0.05) is 26.0 Å². The summed E-state index contributed by atoms with van der Waals surface area (Å²) in [4.78, 5) is 23.2. The van der Waals surface area contributed by atoms with Crippen LogP contribution in [-0.4, -0.2) is 36.5 Å². The Morgan fingerprint density at radius 3 is 2.21 bits per heavy atom. The molecule has 0 aliphatic rings. The molecule has 6 nitrogen and oxygen atoms in total. The van der Waals surface area contributed by atoms with Crippen molar-refractivity contribution < 1.29 is 28.9 Å². The van der Waals surface area contributed by atoms with E-state index in [0.717, 1.165) is 19.5 Å². The molecule has 0 heterocycles. The minimum atomic E-state index is -1.14. The average molecular weight is 338 g/mol. The van der Waals surface area contributed by atoms with Gasteiger partial charge >= 0.3 is 11.9 Å². The standard InChI is InChI=1S/C14H16O5.C4H10O/c1-3-6-12(15)19-14(17)11-8-5-7-10(9-11)13(16)18-4-2;1-3-5-4-2/h4-5,7-9,12,15H,2-3,6H2,1H3;3-4H2,1-2H3. The first kappa shape index (κ1) is 21.8. The van der Waals surface area contributed by atoms with Gasteiger partial charge in [-0.3, -0.25) is 0 Å². The Hall–Kier alpha value is -2.18. The quantitative estimate of drug-likeness (QED) is 0.445. The topological polar surface area (TPSA) is 82.1 Å². The van der Waals surface area contributed by atoms with E-state index in [1.165, 1.54) is 24.3 Å². The van der Waals surface area contributed by atoms with Crippen LogP contribution in [0, 0.1) is 0 Å². The number of carbonyl (C=O) groups excluding carboxylic acids is 2. The van der Waals surface area contributed by atoms with Crippen LogP contribution in [-0.2, 0) is 14.2 Å². The smallest absolute Gasteiger partial charge is 0.342 e. The fraction of sp³-hybridized carbons (Fsp3) is 0.444. The van der Waals surface area contributed by atoms with Gasteiger partial charge in [0.1, 0.15) is 0 Å². The van der Waals surface area contributed by atoms with Gasteiger partial charge in [-0.05, 0) is 32.0 Å². The maximum atomic E-state index is 11.7. The van der Waals surface area contributed by atoms with Crippen molar-refractivity contribution in [3.05, 3.63) is 48.2 Å².